The predicted octanol–water partition coefficient (Wildman–Crippen LogP) is 2.16. The summed E-state index contributed by atoms with van der Waals surface area (Å²) in [7, 11) is 3.49. The fourth-order valence-corrected chi connectivity index (χ4v) is 2.33. The standard InChI is InChI=1S/C12H12N4OS/c1-8-14-15-12(16(8)2)18-11-6-10(17-3)5-4-9(11)7-13/h4-6H,1-3H3. The monoisotopic (exact) mass is 260 g/mol. The Labute approximate surface area is 109 Å². The zero-order valence-corrected chi connectivity index (χ0v) is 11.2. The molecule has 0 saturated carbocycles. The highest BCUT2D eigenvalue weighted by Gasteiger charge is 2.11. The lowest BCUT2D eigenvalue weighted by atomic mass is 10.2. The molecule has 0 radical (unpaired) electrons. The van der Waals surface area contributed by atoms with Gasteiger partial charge < -0.3 is 9.30 Å². The molecule has 0 N–H and O–H groups in total. The molecule has 0 bridgehead atoms. The molecule has 0 aliphatic carbocycles. The van der Waals surface area contributed by atoms with Crippen molar-refractivity contribution in [3.8, 4) is 11.8 Å². The summed E-state index contributed by atoms with van der Waals surface area (Å²) < 4.78 is 7.04. The van der Waals surface area contributed by atoms with Crippen LogP contribution in [-0.4, -0.2) is 21.9 Å². The lowest BCUT2D eigenvalue weighted by Crippen LogP contribution is -1.94. The molecule has 1 aromatic carbocycles. The first-order valence-corrected chi connectivity index (χ1v) is 6.09. The van der Waals surface area contributed by atoms with Crippen LogP contribution in [0.3, 0.4) is 0 Å². The van der Waals surface area contributed by atoms with Crippen molar-refractivity contribution < 1.29 is 4.74 Å². The smallest absolute Gasteiger partial charge is 0.195 e. The van der Waals surface area contributed by atoms with E-state index in [4.69, 9.17) is 10.00 Å². The first kappa shape index (κ1) is 12.5. The number of rotatable bonds is 3. The van der Waals surface area contributed by atoms with Crippen LogP contribution in [0, 0.1) is 18.3 Å². The average Bonchev–Trinajstić information content (AvgIpc) is 2.70. The van der Waals surface area contributed by atoms with E-state index in [9.17, 15) is 0 Å². The van der Waals surface area contributed by atoms with Crippen LogP contribution in [0.4, 0.5) is 0 Å². The Kier molecular flexibility index (Phi) is 3.53. The molecule has 6 heteroatoms. The molecule has 0 unspecified atom stereocenters. The first-order chi connectivity index (χ1) is 8.65. The van der Waals surface area contributed by atoms with E-state index in [1.165, 1.54) is 11.8 Å². The van der Waals surface area contributed by atoms with Gasteiger partial charge in [0.1, 0.15) is 17.6 Å². The summed E-state index contributed by atoms with van der Waals surface area (Å²) in [6.45, 7) is 1.88. The van der Waals surface area contributed by atoms with E-state index < -0.39 is 0 Å². The number of aromatic nitrogens is 3. The van der Waals surface area contributed by atoms with Crippen molar-refractivity contribution in [2.45, 2.75) is 17.0 Å². The summed E-state index contributed by atoms with van der Waals surface area (Å²) in [6, 6.07) is 7.50. The number of methoxy groups -OCH3 is 1. The van der Waals surface area contributed by atoms with Gasteiger partial charge in [-0.25, -0.2) is 0 Å². The molecule has 5 nitrogen and oxygen atoms in total. The van der Waals surface area contributed by atoms with Crippen molar-refractivity contribution in [1.82, 2.24) is 14.8 Å². The van der Waals surface area contributed by atoms with Crippen molar-refractivity contribution >= 4 is 11.8 Å². The van der Waals surface area contributed by atoms with E-state index in [0.29, 0.717) is 5.56 Å². The van der Waals surface area contributed by atoms with Crippen LogP contribution in [0.5, 0.6) is 5.75 Å². The maximum Gasteiger partial charge on any atom is 0.195 e. The van der Waals surface area contributed by atoms with Crippen molar-refractivity contribution in [2.75, 3.05) is 7.11 Å². The van der Waals surface area contributed by atoms with Crippen LogP contribution in [0.1, 0.15) is 11.4 Å². The Morgan fingerprint density at radius 3 is 2.72 bits per heavy atom. The van der Waals surface area contributed by atoms with Gasteiger partial charge >= 0.3 is 0 Å². The minimum absolute atomic E-state index is 0.599. The van der Waals surface area contributed by atoms with Gasteiger partial charge in [0.25, 0.3) is 0 Å². The first-order valence-electron chi connectivity index (χ1n) is 5.27. The van der Waals surface area contributed by atoms with Crippen LogP contribution < -0.4 is 4.74 Å². The second kappa shape index (κ2) is 5.10. The summed E-state index contributed by atoms with van der Waals surface area (Å²) in [4.78, 5) is 0.812. The summed E-state index contributed by atoms with van der Waals surface area (Å²) in [5.74, 6) is 1.55. The van der Waals surface area contributed by atoms with Crippen LogP contribution in [0.2, 0.25) is 0 Å². The molecule has 0 atom stereocenters. The maximum absolute atomic E-state index is 9.09. The molecule has 0 spiro atoms. The van der Waals surface area contributed by atoms with Gasteiger partial charge in [0.05, 0.1) is 12.7 Å². The Bertz CT molecular complexity index is 615. The Balaban J connectivity index is 2.39. The minimum Gasteiger partial charge on any atom is -0.497 e. The largest absolute Gasteiger partial charge is 0.497 e. The quantitative estimate of drug-likeness (QED) is 0.846. The summed E-state index contributed by atoms with van der Waals surface area (Å²) in [5.41, 5.74) is 0.599. The van der Waals surface area contributed by atoms with Gasteiger partial charge in [0, 0.05) is 11.9 Å². The van der Waals surface area contributed by atoms with E-state index in [1.54, 1.807) is 19.2 Å². The maximum atomic E-state index is 9.09. The molecule has 0 amide bonds. The number of hydrogen-bond donors (Lipinski definition) is 0. The van der Waals surface area contributed by atoms with Gasteiger partial charge in [-0.1, -0.05) is 0 Å². The fraction of sp³-hybridized carbons (Fsp3) is 0.250. The molecule has 0 fully saturated rings. The number of hydrogen-bond acceptors (Lipinski definition) is 5. The molecule has 0 aliphatic heterocycles. The average molecular weight is 260 g/mol. The van der Waals surface area contributed by atoms with E-state index in [1.807, 2.05) is 24.6 Å². The molecular formula is C12H12N4OS. The van der Waals surface area contributed by atoms with Crippen molar-refractivity contribution in [3.05, 3.63) is 29.6 Å². The highest BCUT2D eigenvalue weighted by atomic mass is 32.2. The predicted molar refractivity (Wildman–Crippen MR) is 67.6 cm³/mol. The molecule has 18 heavy (non-hydrogen) atoms. The van der Waals surface area contributed by atoms with Crippen molar-refractivity contribution in [1.29, 1.82) is 5.26 Å². The van der Waals surface area contributed by atoms with Gasteiger partial charge in [-0.05, 0) is 36.9 Å². The molecule has 1 aromatic heterocycles. The van der Waals surface area contributed by atoms with Crippen LogP contribution in [-0.2, 0) is 7.05 Å². The van der Waals surface area contributed by atoms with Gasteiger partial charge in [0.2, 0.25) is 0 Å². The minimum atomic E-state index is 0.599. The van der Waals surface area contributed by atoms with E-state index in [0.717, 1.165) is 21.6 Å². The molecule has 0 saturated heterocycles. The third-order valence-electron chi connectivity index (χ3n) is 2.56. The highest BCUT2D eigenvalue weighted by molar-refractivity contribution is 7.99. The van der Waals surface area contributed by atoms with Crippen molar-refractivity contribution in [2.24, 2.45) is 7.05 Å². The molecule has 1 heterocycles. The highest BCUT2D eigenvalue weighted by Crippen LogP contribution is 2.31. The topological polar surface area (TPSA) is 63.7 Å². The number of benzene rings is 1. The van der Waals surface area contributed by atoms with Gasteiger partial charge in [-0.3, -0.25) is 0 Å². The van der Waals surface area contributed by atoms with Gasteiger partial charge in [0.15, 0.2) is 5.16 Å². The summed E-state index contributed by atoms with van der Waals surface area (Å²) >= 11 is 1.40. The lowest BCUT2D eigenvalue weighted by molar-refractivity contribution is 0.413. The second-order valence-electron chi connectivity index (χ2n) is 3.66. The van der Waals surface area contributed by atoms with Gasteiger partial charge in [-0.2, -0.15) is 5.26 Å². The van der Waals surface area contributed by atoms with Gasteiger partial charge in [-0.15, -0.1) is 10.2 Å². The number of nitrogens with zero attached hydrogens (tertiary/aromatic N) is 4. The van der Waals surface area contributed by atoms with E-state index in [2.05, 4.69) is 16.3 Å². The van der Waals surface area contributed by atoms with Crippen LogP contribution in [0.15, 0.2) is 28.3 Å². The van der Waals surface area contributed by atoms with E-state index in [-0.39, 0.29) is 0 Å². The Morgan fingerprint density at radius 1 is 1.39 bits per heavy atom. The third-order valence-corrected chi connectivity index (χ3v) is 3.66. The third kappa shape index (κ3) is 2.31. The molecule has 2 aromatic rings. The number of aryl methyl sites for hydroxylation is 1. The summed E-state index contributed by atoms with van der Waals surface area (Å²) in [5, 5.41) is 17.9. The fourth-order valence-electron chi connectivity index (χ4n) is 1.38. The normalized spacial score (nSPS) is 10.1. The van der Waals surface area contributed by atoms with Crippen LogP contribution >= 0.6 is 11.8 Å². The molecule has 92 valence electrons. The zero-order chi connectivity index (χ0) is 13.1. The second-order valence-corrected chi connectivity index (χ2v) is 4.67. The summed E-state index contributed by atoms with van der Waals surface area (Å²) in [6.07, 6.45) is 0. The lowest BCUT2D eigenvalue weighted by Gasteiger charge is -2.06. The van der Waals surface area contributed by atoms with Crippen molar-refractivity contribution in [3.63, 3.8) is 0 Å². The molecular weight excluding hydrogens is 248 g/mol. The Morgan fingerprint density at radius 2 is 2.17 bits per heavy atom. The Hall–Kier alpha value is -2.00. The van der Waals surface area contributed by atoms with E-state index >= 15 is 0 Å². The SMILES string of the molecule is COc1ccc(C#N)c(Sc2nnc(C)n2C)c1. The molecule has 0 aliphatic rings. The number of ether oxygens (including phenoxy) is 1. The molecule has 2 rings (SSSR count). The van der Waals surface area contributed by atoms with Crippen LogP contribution in [0.25, 0.3) is 0 Å². The zero-order valence-electron chi connectivity index (χ0n) is 10.3. The number of nitriles is 1.